The topological polar surface area (TPSA) is 45.8 Å². The van der Waals surface area contributed by atoms with Gasteiger partial charge in [-0.15, -0.1) is 0 Å². The van der Waals surface area contributed by atoms with Crippen LogP contribution in [0.5, 0.6) is 0 Å². The molecule has 1 aromatic carbocycles. The average molecular weight is 254 g/mol. The van der Waals surface area contributed by atoms with Crippen LogP contribution in [0.3, 0.4) is 0 Å². The molecular formula is C15H11FN2O. The minimum absolute atomic E-state index is 0.144. The highest BCUT2D eigenvalue weighted by Crippen LogP contribution is 2.30. The van der Waals surface area contributed by atoms with Gasteiger partial charge >= 0.3 is 0 Å². The van der Waals surface area contributed by atoms with Gasteiger partial charge in [-0.2, -0.15) is 5.26 Å². The third-order valence-electron chi connectivity index (χ3n) is 3.49. The highest BCUT2D eigenvalue weighted by molar-refractivity contribution is 6.08. The first-order chi connectivity index (χ1) is 9.20. The first-order valence-corrected chi connectivity index (χ1v) is 6.10. The number of ketones is 1. The number of aromatic nitrogens is 1. The Morgan fingerprint density at radius 2 is 2.21 bits per heavy atom. The van der Waals surface area contributed by atoms with Crippen LogP contribution < -0.4 is 0 Å². The highest BCUT2D eigenvalue weighted by atomic mass is 19.1. The summed E-state index contributed by atoms with van der Waals surface area (Å²) in [5.41, 5.74) is 1.74. The van der Waals surface area contributed by atoms with Crippen LogP contribution in [0, 0.1) is 17.1 Å². The molecule has 3 nitrogen and oxygen atoms in total. The van der Waals surface area contributed by atoms with Gasteiger partial charge in [0.15, 0.2) is 0 Å². The van der Waals surface area contributed by atoms with E-state index >= 15 is 0 Å². The monoisotopic (exact) mass is 254 g/mol. The summed E-state index contributed by atoms with van der Waals surface area (Å²) in [6.45, 7) is 0.664. The second-order valence-corrected chi connectivity index (χ2v) is 4.60. The molecule has 94 valence electrons. The van der Waals surface area contributed by atoms with Crippen molar-refractivity contribution in [1.29, 1.82) is 5.26 Å². The van der Waals surface area contributed by atoms with Crippen LogP contribution in [-0.4, -0.2) is 10.4 Å². The molecule has 1 atom stereocenters. The van der Waals surface area contributed by atoms with Crippen LogP contribution in [0.4, 0.5) is 4.39 Å². The lowest BCUT2D eigenvalue weighted by Crippen LogP contribution is -2.09. The third-order valence-corrected chi connectivity index (χ3v) is 3.49. The number of carbonyl (C=O) groups is 1. The van der Waals surface area contributed by atoms with Gasteiger partial charge in [0.05, 0.1) is 17.7 Å². The van der Waals surface area contributed by atoms with Gasteiger partial charge in [-0.3, -0.25) is 4.79 Å². The van der Waals surface area contributed by atoms with Crippen molar-refractivity contribution in [3.63, 3.8) is 0 Å². The number of nitrogens with zero attached hydrogens (tertiary/aromatic N) is 2. The summed E-state index contributed by atoms with van der Waals surface area (Å²) in [5, 5.41) is 9.02. The van der Waals surface area contributed by atoms with Crippen molar-refractivity contribution in [2.24, 2.45) is 0 Å². The maximum absolute atomic E-state index is 13.2. The van der Waals surface area contributed by atoms with Gasteiger partial charge in [-0.1, -0.05) is 12.1 Å². The van der Waals surface area contributed by atoms with E-state index in [2.05, 4.69) is 6.07 Å². The largest absolute Gasteiger partial charge is 0.341 e. The lowest BCUT2D eigenvalue weighted by molar-refractivity contribution is 0.103. The fraction of sp³-hybridized carbons (Fsp3) is 0.200. The standard InChI is InChI=1S/C15H11FN2O/c16-12-3-1-2-10(8-12)15(19)14-5-4-13-11(9-17)6-7-18(13)14/h1-5,8,11H,6-7H2. The Kier molecular flexibility index (Phi) is 2.68. The predicted molar refractivity (Wildman–Crippen MR) is 67.2 cm³/mol. The summed E-state index contributed by atoms with van der Waals surface area (Å²) >= 11 is 0. The number of hydrogen-bond donors (Lipinski definition) is 0. The maximum atomic E-state index is 13.2. The number of benzene rings is 1. The van der Waals surface area contributed by atoms with Crippen molar-refractivity contribution in [2.75, 3.05) is 0 Å². The predicted octanol–water partition coefficient (Wildman–Crippen LogP) is 2.87. The van der Waals surface area contributed by atoms with Crippen molar-refractivity contribution >= 4 is 5.78 Å². The molecule has 1 aromatic heterocycles. The van der Waals surface area contributed by atoms with E-state index in [0.29, 0.717) is 17.8 Å². The summed E-state index contributed by atoms with van der Waals surface area (Å²) < 4.78 is 15.0. The van der Waals surface area contributed by atoms with E-state index in [1.165, 1.54) is 18.2 Å². The molecule has 19 heavy (non-hydrogen) atoms. The number of hydrogen-bond acceptors (Lipinski definition) is 2. The average Bonchev–Trinajstić information content (AvgIpc) is 2.98. The van der Waals surface area contributed by atoms with Crippen molar-refractivity contribution in [3.05, 3.63) is 59.2 Å². The summed E-state index contributed by atoms with van der Waals surface area (Å²) in [6, 6.07) is 11.4. The van der Waals surface area contributed by atoms with Crippen molar-refractivity contribution < 1.29 is 9.18 Å². The molecule has 1 aliphatic heterocycles. The smallest absolute Gasteiger partial charge is 0.209 e. The second-order valence-electron chi connectivity index (χ2n) is 4.60. The molecule has 0 bridgehead atoms. The SMILES string of the molecule is N#CC1CCn2c(C(=O)c3cccc(F)c3)ccc21. The zero-order chi connectivity index (χ0) is 13.4. The van der Waals surface area contributed by atoms with Crippen LogP contribution in [-0.2, 0) is 6.54 Å². The quantitative estimate of drug-likeness (QED) is 0.773. The Balaban J connectivity index is 2.01. The zero-order valence-electron chi connectivity index (χ0n) is 10.1. The molecule has 0 radical (unpaired) electrons. The van der Waals surface area contributed by atoms with Gasteiger partial charge < -0.3 is 4.57 Å². The Morgan fingerprint density at radius 1 is 1.37 bits per heavy atom. The molecule has 3 rings (SSSR count). The Morgan fingerprint density at radius 3 is 2.95 bits per heavy atom. The molecule has 0 fully saturated rings. The molecule has 0 spiro atoms. The van der Waals surface area contributed by atoms with Gasteiger partial charge in [0, 0.05) is 17.8 Å². The van der Waals surface area contributed by atoms with Crippen LogP contribution in [0.2, 0.25) is 0 Å². The van der Waals surface area contributed by atoms with Crippen molar-refractivity contribution in [1.82, 2.24) is 4.57 Å². The summed E-state index contributed by atoms with van der Waals surface area (Å²) in [7, 11) is 0. The van der Waals surface area contributed by atoms with Crippen LogP contribution in [0.25, 0.3) is 0 Å². The zero-order valence-corrected chi connectivity index (χ0v) is 10.1. The minimum atomic E-state index is -0.422. The first-order valence-electron chi connectivity index (χ1n) is 6.10. The number of carbonyl (C=O) groups excluding carboxylic acids is 1. The lowest BCUT2D eigenvalue weighted by Gasteiger charge is -2.05. The van der Waals surface area contributed by atoms with Gasteiger partial charge in [0.2, 0.25) is 5.78 Å². The fourth-order valence-electron chi connectivity index (χ4n) is 2.55. The molecule has 2 aromatic rings. The molecule has 0 saturated heterocycles. The highest BCUT2D eigenvalue weighted by Gasteiger charge is 2.26. The number of rotatable bonds is 2. The molecule has 1 unspecified atom stereocenters. The molecule has 0 saturated carbocycles. The summed E-state index contributed by atoms with van der Waals surface area (Å²) in [6.07, 6.45) is 0.732. The normalized spacial score (nSPS) is 16.9. The van der Waals surface area contributed by atoms with Crippen LogP contribution in [0.15, 0.2) is 36.4 Å². The molecule has 0 N–H and O–H groups in total. The maximum Gasteiger partial charge on any atom is 0.209 e. The van der Waals surface area contributed by atoms with E-state index in [1.54, 1.807) is 12.1 Å². The Hall–Kier alpha value is -2.41. The molecule has 4 heteroatoms. The first kappa shape index (κ1) is 11.7. The summed E-state index contributed by atoms with van der Waals surface area (Å²) in [5.74, 6) is -0.771. The minimum Gasteiger partial charge on any atom is -0.341 e. The van der Waals surface area contributed by atoms with Crippen molar-refractivity contribution in [2.45, 2.75) is 18.9 Å². The van der Waals surface area contributed by atoms with Gasteiger partial charge in [0.1, 0.15) is 5.82 Å². The van der Waals surface area contributed by atoms with Crippen molar-refractivity contribution in [3.8, 4) is 6.07 Å². The number of halogens is 1. The van der Waals surface area contributed by atoms with E-state index in [0.717, 1.165) is 12.1 Å². The lowest BCUT2D eigenvalue weighted by atomic mass is 10.1. The van der Waals surface area contributed by atoms with Crippen LogP contribution >= 0.6 is 0 Å². The van der Waals surface area contributed by atoms with Gasteiger partial charge in [-0.25, -0.2) is 4.39 Å². The Labute approximate surface area is 109 Å². The van der Waals surface area contributed by atoms with Gasteiger partial charge in [-0.05, 0) is 30.7 Å². The van der Waals surface area contributed by atoms with E-state index in [4.69, 9.17) is 5.26 Å². The molecule has 2 heterocycles. The van der Waals surface area contributed by atoms with E-state index in [9.17, 15) is 9.18 Å². The van der Waals surface area contributed by atoms with E-state index in [-0.39, 0.29) is 11.7 Å². The second kappa shape index (κ2) is 4.36. The number of fused-ring (bicyclic) bond motifs is 1. The van der Waals surface area contributed by atoms with E-state index in [1.807, 2.05) is 10.6 Å². The molecular weight excluding hydrogens is 243 g/mol. The Bertz CT molecular complexity index is 696. The molecule has 0 amide bonds. The third kappa shape index (κ3) is 1.84. The van der Waals surface area contributed by atoms with Gasteiger partial charge in [0.25, 0.3) is 0 Å². The van der Waals surface area contributed by atoms with E-state index < -0.39 is 5.82 Å². The number of nitriles is 1. The molecule has 0 aliphatic carbocycles. The fourth-order valence-corrected chi connectivity index (χ4v) is 2.55. The van der Waals surface area contributed by atoms with Crippen LogP contribution in [0.1, 0.15) is 34.1 Å². The molecule has 1 aliphatic rings. The summed E-state index contributed by atoms with van der Waals surface area (Å²) in [4.78, 5) is 12.3.